The van der Waals surface area contributed by atoms with E-state index < -0.39 is 0 Å². The summed E-state index contributed by atoms with van der Waals surface area (Å²) in [6.45, 7) is 1.84. The van der Waals surface area contributed by atoms with Gasteiger partial charge < -0.3 is 15.7 Å². The molecule has 70 valence electrons. The second-order valence-electron chi connectivity index (χ2n) is 2.34. The highest BCUT2D eigenvalue weighted by Gasteiger charge is 1.99. The third-order valence-corrected chi connectivity index (χ3v) is 1.15. The SMILES string of the molecule is CC(=O)NCC(=O)NCCCO. The smallest absolute Gasteiger partial charge is 0.239 e. The number of hydrogen-bond donors (Lipinski definition) is 3. The predicted molar refractivity (Wildman–Crippen MR) is 43.4 cm³/mol. The summed E-state index contributed by atoms with van der Waals surface area (Å²) < 4.78 is 0. The first-order valence-corrected chi connectivity index (χ1v) is 3.79. The van der Waals surface area contributed by atoms with Gasteiger partial charge in [-0.25, -0.2) is 0 Å². The highest BCUT2D eigenvalue weighted by atomic mass is 16.3. The minimum Gasteiger partial charge on any atom is -0.396 e. The lowest BCUT2D eigenvalue weighted by molar-refractivity contribution is -0.125. The summed E-state index contributed by atoms with van der Waals surface area (Å²) in [5, 5.41) is 13.3. The fourth-order valence-electron chi connectivity index (χ4n) is 0.574. The molecule has 0 aromatic carbocycles. The van der Waals surface area contributed by atoms with Gasteiger partial charge in [0.2, 0.25) is 11.8 Å². The number of carbonyl (C=O) groups is 2. The lowest BCUT2D eigenvalue weighted by Crippen LogP contribution is -2.36. The van der Waals surface area contributed by atoms with E-state index in [-0.39, 0.29) is 25.0 Å². The third-order valence-electron chi connectivity index (χ3n) is 1.15. The van der Waals surface area contributed by atoms with Crippen molar-refractivity contribution >= 4 is 11.8 Å². The molecule has 5 heteroatoms. The predicted octanol–water partition coefficient (Wildman–Crippen LogP) is -1.38. The third kappa shape index (κ3) is 7.01. The lowest BCUT2D eigenvalue weighted by Gasteiger charge is -2.03. The van der Waals surface area contributed by atoms with Gasteiger partial charge in [0.25, 0.3) is 0 Å². The minimum atomic E-state index is -0.237. The zero-order valence-electron chi connectivity index (χ0n) is 7.09. The molecule has 12 heavy (non-hydrogen) atoms. The van der Waals surface area contributed by atoms with E-state index in [0.29, 0.717) is 13.0 Å². The normalized spacial score (nSPS) is 9.17. The van der Waals surface area contributed by atoms with Crippen LogP contribution >= 0.6 is 0 Å². The van der Waals surface area contributed by atoms with Crippen LogP contribution < -0.4 is 10.6 Å². The summed E-state index contributed by atoms with van der Waals surface area (Å²) in [5.41, 5.74) is 0. The molecule has 0 fully saturated rings. The maximum absolute atomic E-state index is 10.8. The van der Waals surface area contributed by atoms with Gasteiger partial charge in [-0.2, -0.15) is 0 Å². The Morgan fingerprint density at radius 1 is 1.33 bits per heavy atom. The van der Waals surface area contributed by atoms with Gasteiger partial charge in [-0.15, -0.1) is 0 Å². The van der Waals surface area contributed by atoms with E-state index in [0.717, 1.165) is 0 Å². The van der Waals surface area contributed by atoms with Gasteiger partial charge in [0.1, 0.15) is 0 Å². The first-order chi connectivity index (χ1) is 5.66. The van der Waals surface area contributed by atoms with Crippen LogP contribution in [0.2, 0.25) is 0 Å². The molecule has 0 saturated carbocycles. The van der Waals surface area contributed by atoms with Crippen LogP contribution in [0.5, 0.6) is 0 Å². The zero-order valence-corrected chi connectivity index (χ0v) is 7.09. The van der Waals surface area contributed by atoms with Gasteiger partial charge in [-0.05, 0) is 6.42 Å². The van der Waals surface area contributed by atoms with E-state index in [4.69, 9.17) is 5.11 Å². The van der Waals surface area contributed by atoms with E-state index in [1.54, 1.807) is 0 Å². The molecule has 0 aliphatic heterocycles. The molecule has 0 aromatic heterocycles. The van der Waals surface area contributed by atoms with Crippen LogP contribution in [0.4, 0.5) is 0 Å². The maximum atomic E-state index is 10.8. The summed E-state index contributed by atoms with van der Waals surface area (Å²) >= 11 is 0. The summed E-state index contributed by atoms with van der Waals surface area (Å²) in [5.74, 6) is -0.467. The van der Waals surface area contributed by atoms with E-state index in [1.807, 2.05) is 0 Å². The molecule has 0 atom stereocenters. The molecule has 3 N–H and O–H groups in total. The van der Waals surface area contributed by atoms with E-state index in [1.165, 1.54) is 6.92 Å². The van der Waals surface area contributed by atoms with Crippen molar-refractivity contribution in [1.29, 1.82) is 0 Å². The van der Waals surface area contributed by atoms with Crippen LogP contribution in [0.25, 0.3) is 0 Å². The van der Waals surface area contributed by atoms with Crippen molar-refractivity contribution in [3.63, 3.8) is 0 Å². The Kier molecular flexibility index (Phi) is 6.00. The van der Waals surface area contributed by atoms with Crippen molar-refractivity contribution in [2.75, 3.05) is 19.7 Å². The summed E-state index contributed by atoms with van der Waals surface area (Å²) in [6, 6.07) is 0. The number of hydrogen-bond acceptors (Lipinski definition) is 3. The minimum absolute atomic E-state index is 0.000756. The topological polar surface area (TPSA) is 78.4 Å². The Bertz CT molecular complexity index is 159. The fourth-order valence-corrected chi connectivity index (χ4v) is 0.574. The molecule has 0 aromatic rings. The number of nitrogens with one attached hydrogen (secondary N) is 2. The molecule has 0 heterocycles. The van der Waals surface area contributed by atoms with Crippen molar-refractivity contribution in [3.8, 4) is 0 Å². The summed E-state index contributed by atoms with van der Waals surface area (Å²) in [7, 11) is 0. The van der Waals surface area contributed by atoms with Gasteiger partial charge in [-0.1, -0.05) is 0 Å². The largest absolute Gasteiger partial charge is 0.396 e. The molecule has 0 aliphatic carbocycles. The molecular weight excluding hydrogens is 160 g/mol. The Morgan fingerprint density at radius 3 is 2.50 bits per heavy atom. The zero-order chi connectivity index (χ0) is 9.40. The van der Waals surface area contributed by atoms with Gasteiger partial charge in [-0.3, -0.25) is 9.59 Å². The van der Waals surface area contributed by atoms with Gasteiger partial charge >= 0.3 is 0 Å². The Morgan fingerprint density at radius 2 is 2.00 bits per heavy atom. The monoisotopic (exact) mass is 174 g/mol. The molecule has 0 unspecified atom stereocenters. The van der Waals surface area contributed by atoms with Crippen LogP contribution in [0.15, 0.2) is 0 Å². The van der Waals surface area contributed by atoms with Crippen molar-refractivity contribution in [3.05, 3.63) is 0 Å². The van der Waals surface area contributed by atoms with Crippen LogP contribution in [-0.4, -0.2) is 36.6 Å². The van der Waals surface area contributed by atoms with Gasteiger partial charge in [0.05, 0.1) is 6.54 Å². The summed E-state index contributed by atoms with van der Waals surface area (Å²) in [6.07, 6.45) is 0.534. The molecule has 2 amide bonds. The van der Waals surface area contributed by atoms with Crippen LogP contribution in [0.3, 0.4) is 0 Å². The second kappa shape index (κ2) is 6.60. The number of carbonyl (C=O) groups excluding carboxylic acids is 2. The number of aliphatic hydroxyl groups is 1. The average molecular weight is 174 g/mol. The fraction of sp³-hybridized carbons (Fsp3) is 0.714. The highest BCUT2D eigenvalue weighted by Crippen LogP contribution is 1.72. The van der Waals surface area contributed by atoms with Crippen molar-refractivity contribution in [2.24, 2.45) is 0 Å². The first kappa shape index (κ1) is 10.9. The molecule has 0 rings (SSSR count). The van der Waals surface area contributed by atoms with Crippen molar-refractivity contribution in [2.45, 2.75) is 13.3 Å². The molecule has 0 spiro atoms. The maximum Gasteiger partial charge on any atom is 0.239 e. The van der Waals surface area contributed by atoms with Crippen molar-refractivity contribution < 1.29 is 14.7 Å². The lowest BCUT2D eigenvalue weighted by atomic mass is 10.4. The summed E-state index contributed by atoms with van der Waals surface area (Å²) in [4.78, 5) is 21.2. The number of amides is 2. The van der Waals surface area contributed by atoms with Crippen LogP contribution in [0.1, 0.15) is 13.3 Å². The van der Waals surface area contributed by atoms with Crippen LogP contribution in [-0.2, 0) is 9.59 Å². The van der Waals surface area contributed by atoms with Gasteiger partial charge in [0.15, 0.2) is 0 Å². The highest BCUT2D eigenvalue weighted by molar-refractivity contribution is 5.83. The Hall–Kier alpha value is -1.10. The molecule has 5 nitrogen and oxygen atoms in total. The number of rotatable bonds is 5. The van der Waals surface area contributed by atoms with E-state index in [2.05, 4.69) is 10.6 Å². The van der Waals surface area contributed by atoms with E-state index in [9.17, 15) is 9.59 Å². The quantitative estimate of drug-likeness (QED) is 0.449. The molecular formula is C7H14N2O3. The second-order valence-corrected chi connectivity index (χ2v) is 2.34. The number of aliphatic hydroxyl groups excluding tert-OH is 1. The molecule has 0 saturated heterocycles. The molecule has 0 aliphatic rings. The van der Waals surface area contributed by atoms with Gasteiger partial charge in [0, 0.05) is 20.1 Å². The van der Waals surface area contributed by atoms with E-state index >= 15 is 0 Å². The first-order valence-electron chi connectivity index (χ1n) is 3.79. The Balaban J connectivity index is 3.28. The van der Waals surface area contributed by atoms with Crippen LogP contribution in [0, 0.1) is 0 Å². The Labute approximate surface area is 71.1 Å². The molecule has 0 radical (unpaired) electrons. The standard InChI is InChI=1S/C7H14N2O3/c1-6(11)9-5-7(12)8-3-2-4-10/h10H,2-5H2,1H3,(H,8,12)(H,9,11). The van der Waals surface area contributed by atoms with Crippen molar-refractivity contribution in [1.82, 2.24) is 10.6 Å². The molecule has 0 bridgehead atoms. The average Bonchev–Trinajstić information content (AvgIpc) is 2.01.